The molecule has 0 saturated carbocycles. The van der Waals surface area contributed by atoms with E-state index in [2.05, 4.69) is 24.5 Å². The van der Waals surface area contributed by atoms with Gasteiger partial charge in [0.05, 0.1) is 11.7 Å². The smallest absolute Gasteiger partial charge is 0.211 e. The fourth-order valence-electron chi connectivity index (χ4n) is 3.29. The lowest BCUT2D eigenvalue weighted by Crippen LogP contribution is -2.46. The third-order valence-electron chi connectivity index (χ3n) is 4.98. The van der Waals surface area contributed by atoms with Crippen LogP contribution in [0, 0.1) is 5.41 Å². The molecule has 0 aliphatic rings. The summed E-state index contributed by atoms with van der Waals surface area (Å²) in [5, 5.41) is 5.08. The van der Waals surface area contributed by atoms with E-state index in [1.807, 2.05) is 20.8 Å². The largest absolute Gasteiger partial charge is 0.348 e. The molecule has 2 amide bonds. The highest BCUT2D eigenvalue weighted by atomic mass is 16.1. The molecule has 0 spiro atoms. The Morgan fingerprint density at radius 3 is 1.86 bits per heavy atom. The summed E-state index contributed by atoms with van der Waals surface area (Å²) in [5.74, 6) is -0.0466. The van der Waals surface area contributed by atoms with E-state index in [0.717, 1.165) is 44.1 Å². The first-order chi connectivity index (χ1) is 13.6. The fourth-order valence-corrected chi connectivity index (χ4v) is 3.29. The SMILES string of the molecule is CCCCCC(C)(C)C(NC=O)C(C)=O.CCCCCC(C)=C(NC=O)C(C)=O. The fraction of sp³-hybridized carbons (Fsp3) is 0.739. The molecule has 2 N–H and O–H groups in total. The molecule has 6 nitrogen and oxygen atoms in total. The second-order valence-electron chi connectivity index (χ2n) is 8.20. The van der Waals surface area contributed by atoms with Crippen LogP contribution in [0.3, 0.4) is 0 Å². The predicted octanol–water partition coefficient (Wildman–Crippen LogP) is 4.47. The van der Waals surface area contributed by atoms with Gasteiger partial charge >= 0.3 is 0 Å². The number of amides is 2. The van der Waals surface area contributed by atoms with Crippen molar-refractivity contribution in [2.45, 2.75) is 106 Å². The average molecular weight is 411 g/mol. The molecule has 0 fully saturated rings. The number of rotatable bonds is 15. The van der Waals surface area contributed by atoms with Gasteiger partial charge in [0.15, 0.2) is 11.6 Å². The van der Waals surface area contributed by atoms with Gasteiger partial charge in [-0.25, -0.2) is 0 Å². The van der Waals surface area contributed by atoms with Gasteiger partial charge in [-0.2, -0.15) is 0 Å². The van der Waals surface area contributed by atoms with Gasteiger partial charge in [-0.15, -0.1) is 0 Å². The van der Waals surface area contributed by atoms with E-state index in [4.69, 9.17) is 0 Å². The molecule has 0 heterocycles. The Hall–Kier alpha value is -1.98. The van der Waals surface area contributed by atoms with Crippen molar-refractivity contribution >= 4 is 24.4 Å². The van der Waals surface area contributed by atoms with Crippen LogP contribution < -0.4 is 10.6 Å². The van der Waals surface area contributed by atoms with Crippen LogP contribution in [0.15, 0.2) is 11.3 Å². The van der Waals surface area contributed by atoms with Crippen molar-refractivity contribution in [1.29, 1.82) is 0 Å². The van der Waals surface area contributed by atoms with Gasteiger partial charge < -0.3 is 10.6 Å². The Balaban J connectivity index is 0. The number of ketones is 2. The summed E-state index contributed by atoms with van der Waals surface area (Å²) in [6.07, 6.45) is 9.85. The Morgan fingerprint density at radius 2 is 1.45 bits per heavy atom. The molecule has 6 heteroatoms. The van der Waals surface area contributed by atoms with E-state index >= 15 is 0 Å². The molecule has 0 aromatic heterocycles. The summed E-state index contributed by atoms with van der Waals surface area (Å²) in [7, 11) is 0. The van der Waals surface area contributed by atoms with Crippen LogP contribution in [0.5, 0.6) is 0 Å². The van der Waals surface area contributed by atoms with Crippen LogP contribution in [0.1, 0.15) is 99.8 Å². The molecular formula is C23H42N2O4. The Kier molecular flexibility index (Phi) is 17.1. The van der Waals surface area contributed by atoms with Gasteiger partial charge in [-0.3, -0.25) is 19.2 Å². The summed E-state index contributed by atoms with van der Waals surface area (Å²) in [6.45, 7) is 13.2. The summed E-state index contributed by atoms with van der Waals surface area (Å²) in [5.41, 5.74) is 1.27. The highest BCUT2D eigenvalue weighted by Crippen LogP contribution is 2.28. The first kappa shape index (κ1) is 29.2. The number of unbranched alkanes of at least 4 members (excludes halogenated alkanes) is 4. The molecule has 0 aliphatic carbocycles. The zero-order chi connectivity index (χ0) is 22.9. The minimum atomic E-state index is -0.355. The number of hydrogen-bond donors (Lipinski definition) is 2. The van der Waals surface area contributed by atoms with E-state index in [1.54, 1.807) is 0 Å². The predicted molar refractivity (Wildman–Crippen MR) is 118 cm³/mol. The van der Waals surface area contributed by atoms with E-state index in [0.29, 0.717) is 18.5 Å². The van der Waals surface area contributed by atoms with Gasteiger partial charge in [-0.05, 0) is 44.1 Å². The molecule has 0 aliphatic heterocycles. The molecule has 0 saturated heterocycles. The lowest BCUT2D eigenvalue weighted by Gasteiger charge is -2.32. The molecule has 168 valence electrons. The van der Waals surface area contributed by atoms with Gasteiger partial charge in [0, 0.05) is 6.92 Å². The van der Waals surface area contributed by atoms with Crippen molar-refractivity contribution in [2.75, 3.05) is 0 Å². The summed E-state index contributed by atoms with van der Waals surface area (Å²) in [4.78, 5) is 43.2. The maximum absolute atomic E-state index is 11.4. The highest BCUT2D eigenvalue weighted by molar-refractivity contribution is 5.95. The molecule has 1 atom stereocenters. The number of hydrogen-bond acceptors (Lipinski definition) is 4. The maximum Gasteiger partial charge on any atom is 0.211 e. The number of carbonyl (C=O) groups excluding carboxylic acids is 4. The van der Waals surface area contributed by atoms with Gasteiger partial charge in [0.2, 0.25) is 12.8 Å². The zero-order valence-electron chi connectivity index (χ0n) is 19.5. The van der Waals surface area contributed by atoms with Crippen LogP contribution in [0.2, 0.25) is 0 Å². The van der Waals surface area contributed by atoms with Crippen molar-refractivity contribution in [1.82, 2.24) is 10.6 Å². The van der Waals surface area contributed by atoms with Crippen molar-refractivity contribution in [3.63, 3.8) is 0 Å². The van der Waals surface area contributed by atoms with Crippen LogP contribution in [0.25, 0.3) is 0 Å². The van der Waals surface area contributed by atoms with Crippen LogP contribution in [-0.4, -0.2) is 30.4 Å². The number of carbonyl (C=O) groups is 4. The van der Waals surface area contributed by atoms with Crippen molar-refractivity contribution in [3.8, 4) is 0 Å². The zero-order valence-corrected chi connectivity index (χ0v) is 19.5. The minimum Gasteiger partial charge on any atom is -0.348 e. The minimum absolute atomic E-state index is 0.0311. The Bertz CT molecular complexity index is 539. The highest BCUT2D eigenvalue weighted by Gasteiger charge is 2.31. The third kappa shape index (κ3) is 13.8. The van der Waals surface area contributed by atoms with Crippen LogP contribution in [-0.2, 0) is 19.2 Å². The number of allylic oxidation sites excluding steroid dienone is 2. The van der Waals surface area contributed by atoms with Gasteiger partial charge in [0.1, 0.15) is 0 Å². The van der Waals surface area contributed by atoms with Crippen molar-refractivity contribution in [3.05, 3.63) is 11.3 Å². The molecule has 0 aromatic carbocycles. The lowest BCUT2D eigenvalue weighted by molar-refractivity contribution is -0.124. The van der Waals surface area contributed by atoms with Crippen LogP contribution >= 0.6 is 0 Å². The summed E-state index contributed by atoms with van der Waals surface area (Å²) >= 11 is 0. The molecule has 29 heavy (non-hydrogen) atoms. The second kappa shape index (κ2) is 16.9. The van der Waals surface area contributed by atoms with Gasteiger partial charge in [-0.1, -0.05) is 59.8 Å². The summed E-state index contributed by atoms with van der Waals surface area (Å²) < 4.78 is 0. The maximum atomic E-state index is 11.4. The average Bonchev–Trinajstić information content (AvgIpc) is 2.64. The summed E-state index contributed by atoms with van der Waals surface area (Å²) in [6, 6.07) is -0.355. The molecule has 0 aromatic rings. The molecule has 0 rings (SSSR count). The third-order valence-corrected chi connectivity index (χ3v) is 4.98. The first-order valence-electron chi connectivity index (χ1n) is 10.7. The number of nitrogens with one attached hydrogen (secondary N) is 2. The molecular weight excluding hydrogens is 368 g/mol. The number of Topliss-reactive ketones (excluding diaryl/α,β-unsaturated/α-hetero) is 2. The Morgan fingerprint density at radius 1 is 0.897 bits per heavy atom. The molecule has 0 bridgehead atoms. The lowest BCUT2D eigenvalue weighted by atomic mass is 9.78. The standard InChI is InChI=1S/C12H23NO2.C11H19NO2/c1-5-6-7-8-12(3,4)11(10(2)15)13-9-14;1-4-5-6-7-9(2)11(10(3)14)12-8-13/h9,11H,5-8H2,1-4H3,(H,13,14);8H,4-7H2,1-3H3,(H,12,13). The molecule has 0 radical (unpaired) electrons. The molecule has 1 unspecified atom stereocenters. The van der Waals surface area contributed by atoms with E-state index in [9.17, 15) is 19.2 Å². The monoisotopic (exact) mass is 410 g/mol. The van der Waals surface area contributed by atoms with Crippen LogP contribution in [0.4, 0.5) is 0 Å². The van der Waals surface area contributed by atoms with Gasteiger partial charge in [0.25, 0.3) is 0 Å². The van der Waals surface area contributed by atoms with E-state index < -0.39 is 0 Å². The van der Waals surface area contributed by atoms with E-state index in [1.165, 1.54) is 26.7 Å². The second-order valence-corrected chi connectivity index (χ2v) is 8.20. The normalized spacial score (nSPS) is 12.7. The van der Waals surface area contributed by atoms with Crippen molar-refractivity contribution < 1.29 is 19.2 Å². The Labute approximate surface area is 177 Å². The van der Waals surface area contributed by atoms with E-state index in [-0.39, 0.29) is 23.0 Å². The van der Waals surface area contributed by atoms with Crippen molar-refractivity contribution in [2.24, 2.45) is 5.41 Å². The topological polar surface area (TPSA) is 92.3 Å². The quantitative estimate of drug-likeness (QED) is 0.237. The first-order valence-corrected chi connectivity index (χ1v) is 10.7.